The van der Waals surface area contributed by atoms with Gasteiger partial charge in [-0.2, -0.15) is 0 Å². The minimum Gasteiger partial charge on any atom is -0.446 e. The first-order chi connectivity index (χ1) is 7.97. The van der Waals surface area contributed by atoms with E-state index in [0.29, 0.717) is 22.1 Å². The Hall–Kier alpha value is -1.63. The van der Waals surface area contributed by atoms with Crippen LogP contribution in [-0.2, 0) is 11.2 Å². The van der Waals surface area contributed by atoms with Crippen LogP contribution >= 0.6 is 15.9 Å². The lowest BCUT2D eigenvalue weighted by Gasteiger charge is -2.07. The number of carbonyl (C=O) groups is 1. The number of nitro groups is 1. The molecular formula is C10H9BrN2O4. The molecule has 0 saturated carbocycles. The van der Waals surface area contributed by atoms with Gasteiger partial charge in [0, 0.05) is 23.0 Å². The second-order valence-electron chi connectivity index (χ2n) is 3.76. The number of nitrogens with one attached hydrogen (secondary N) is 1. The van der Waals surface area contributed by atoms with Crippen molar-refractivity contribution in [3.05, 3.63) is 32.3 Å². The van der Waals surface area contributed by atoms with Crippen molar-refractivity contribution in [2.45, 2.75) is 19.4 Å². The van der Waals surface area contributed by atoms with E-state index in [9.17, 15) is 14.9 Å². The molecule has 17 heavy (non-hydrogen) atoms. The summed E-state index contributed by atoms with van der Waals surface area (Å²) in [7, 11) is 0. The molecule has 1 N–H and O–H groups in total. The maximum absolute atomic E-state index is 11.3. The first-order valence-electron chi connectivity index (χ1n) is 4.92. The molecule has 0 aliphatic carbocycles. The summed E-state index contributed by atoms with van der Waals surface area (Å²) in [6.45, 7) is 1.74. The Labute approximate surface area is 105 Å². The molecule has 0 bridgehead atoms. The van der Waals surface area contributed by atoms with Gasteiger partial charge in [0.15, 0.2) is 0 Å². The van der Waals surface area contributed by atoms with Crippen molar-refractivity contribution in [1.29, 1.82) is 0 Å². The Bertz CT molecular complexity index is 503. The van der Waals surface area contributed by atoms with Gasteiger partial charge >= 0.3 is 6.09 Å². The minimum absolute atomic E-state index is 0.0148. The zero-order valence-corrected chi connectivity index (χ0v) is 10.5. The summed E-state index contributed by atoms with van der Waals surface area (Å²) in [5.74, 6) is 0. The summed E-state index contributed by atoms with van der Waals surface area (Å²) < 4.78 is 5.49. The average molecular weight is 301 g/mol. The molecule has 1 heterocycles. The Balaban J connectivity index is 2.53. The normalized spacial score (nSPS) is 18.7. The van der Waals surface area contributed by atoms with Crippen molar-refractivity contribution < 1.29 is 14.5 Å². The van der Waals surface area contributed by atoms with Gasteiger partial charge in [0.05, 0.1) is 10.6 Å². The summed E-state index contributed by atoms with van der Waals surface area (Å²) >= 11 is 3.21. The molecule has 1 unspecified atom stereocenters. The molecule has 6 nitrogen and oxygen atoms in total. The van der Waals surface area contributed by atoms with E-state index in [0.717, 1.165) is 0 Å². The van der Waals surface area contributed by atoms with Gasteiger partial charge in [0.25, 0.3) is 5.69 Å². The third kappa shape index (κ3) is 2.38. The van der Waals surface area contributed by atoms with Crippen LogP contribution < -0.4 is 5.32 Å². The van der Waals surface area contributed by atoms with E-state index in [-0.39, 0.29) is 11.8 Å². The number of halogens is 1. The summed E-state index contributed by atoms with van der Waals surface area (Å²) in [4.78, 5) is 21.6. The number of nitro benzene ring substituents is 1. The highest BCUT2D eigenvalue weighted by Crippen LogP contribution is 2.34. The van der Waals surface area contributed by atoms with Crippen LogP contribution in [0, 0.1) is 10.1 Å². The summed E-state index contributed by atoms with van der Waals surface area (Å²) in [5.41, 5.74) is 1.20. The second kappa shape index (κ2) is 4.33. The molecule has 0 aromatic heterocycles. The Morgan fingerprint density at radius 1 is 1.59 bits per heavy atom. The van der Waals surface area contributed by atoms with Gasteiger partial charge in [-0.05, 0) is 28.4 Å². The van der Waals surface area contributed by atoms with Crippen LogP contribution in [0.25, 0.3) is 0 Å². The maximum Gasteiger partial charge on any atom is 0.411 e. The third-order valence-corrected chi connectivity index (χ3v) is 3.04. The number of non-ortho nitro benzene ring substituents is 1. The van der Waals surface area contributed by atoms with Crippen LogP contribution in [0.1, 0.15) is 12.5 Å². The van der Waals surface area contributed by atoms with Crippen LogP contribution in [0.3, 0.4) is 0 Å². The predicted molar refractivity (Wildman–Crippen MR) is 64.1 cm³/mol. The van der Waals surface area contributed by atoms with Gasteiger partial charge in [-0.25, -0.2) is 4.79 Å². The van der Waals surface area contributed by atoms with Gasteiger partial charge in [0.1, 0.15) is 6.10 Å². The molecule has 2 rings (SSSR count). The Morgan fingerprint density at radius 2 is 2.29 bits per heavy atom. The van der Waals surface area contributed by atoms with E-state index in [4.69, 9.17) is 4.74 Å². The molecular weight excluding hydrogens is 292 g/mol. The van der Waals surface area contributed by atoms with E-state index in [1.807, 2.05) is 0 Å². The molecule has 1 aliphatic rings. The number of amides is 1. The highest BCUT2D eigenvalue weighted by atomic mass is 79.9. The number of nitrogens with zero attached hydrogens (tertiary/aromatic N) is 1. The van der Waals surface area contributed by atoms with Crippen molar-refractivity contribution in [1.82, 2.24) is 0 Å². The molecule has 1 aromatic carbocycles. The summed E-state index contributed by atoms with van der Waals surface area (Å²) in [6.07, 6.45) is -0.426. The lowest BCUT2D eigenvalue weighted by atomic mass is 10.1. The molecule has 1 amide bonds. The molecule has 1 aliphatic heterocycles. The monoisotopic (exact) mass is 300 g/mol. The van der Waals surface area contributed by atoms with Crippen LogP contribution in [0.2, 0.25) is 0 Å². The highest BCUT2D eigenvalue weighted by molar-refractivity contribution is 9.10. The fraction of sp³-hybridized carbons (Fsp3) is 0.300. The second-order valence-corrected chi connectivity index (χ2v) is 4.62. The predicted octanol–water partition coefficient (Wildman–Crippen LogP) is 2.85. The fourth-order valence-electron chi connectivity index (χ4n) is 1.72. The number of benzene rings is 1. The lowest BCUT2D eigenvalue weighted by molar-refractivity contribution is -0.385. The largest absolute Gasteiger partial charge is 0.446 e. The number of hydrogen-bond donors (Lipinski definition) is 1. The van der Waals surface area contributed by atoms with Crippen LogP contribution in [0.15, 0.2) is 16.6 Å². The van der Waals surface area contributed by atoms with Gasteiger partial charge < -0.3 is 4.74 Å². The molecule has 0 spiro atoms. The zero-order chi connectivity index (χ0) is 12.6. The van der Waals surface area contributed by atoms with Gasteiger partial charge in [-0.3, -0.25) is 15.4 Å². The summed E-state index contributed by atoms with van der Waals surface area (Å²) in [5, 5.41) is 13.3. The quantitative estimate of drug-likeness (QED) is 0.638. The molecule has 1 aromatic rings. The average Bonchev–Trinajstić information content (AvgIpc) is 2.35. The van der Waals surface area contributed by atoms with Crippen LogP contribution in [0.4, 0.5) is 16.2 Å². The number of cyclic esters (lactones) is 1. The SMILES string of the molecule is CC1Cc2cc([N+](=O)[O-])cc(Br)c2NC(=O)O1. The van der Waals surface area contributed by atoms with Gasteiger partial charge in [-0.1, -0.05) is 0 Å². The van der Waals surface area contributed by atoms with Crippen molar-refractivity contribution in [3.8, 4) is 0 Å². The van der Waals surface area contributed by atoms with E-state index in [2.05, 4.69) is 21.2 Å². The van der Waals surface area contributed by atoms with Crippen molar-refractivity contribution >= 4 is 33.4 Å². The third-order valence-electron chi connectivity index (χ3n) is 2.41. The number of fused-ring (bicyclic) bond motifs is 1. The standard InChI is InChI=1S/C10H9BrN2O4/c1-5-2-6-3-7(13(15)16)4-8(11)9(6)12-10(14)17-5/h3-5H,2H2,1H3,(H,12,14). The molecule has 1 atom stereocenters. The number of rotatable bonds is 1. The highest BCUT2D eigenvalue weighted by Gasteiger charge is 2.23. The number of anilines is 1. The van der Waals surface area contributed by atoms with Crippen molar-refractivity contribution in [2.24, 2.45) is 0 Å². The fourth-order valence-corrected chi connectivity index (χ4v) is 2.31. The van der Waals surface area contributed by atoms with E-state index < -0.39 is 11.0 Å². The van der Waals surface area contributed by atoms with Crippen LogP contribution in [-0.4, -0.2) is 17.1 Å². The smallest absolute Gasteiger partial charge is 0.411 e. The van der Waals surface area contributed by atoms with Crippen molar-refractivity contribution in [2.75, 3.05) is 5.32 Å². The molecule has 0 radical (unpaired) electrons. The molecule has 0 saturated heterocycles. The first-order valence-corrected chi connectivity index (χ1v) is 5.71. The zero-order valence-electron chi connectivity index (χ0n) is 8.90. The van der Waals surface area contributed by atoms with Gasteiger partial charge in [0.2, 0.25) is 0 Å². The molecule has 0 fully saturated rings. The van der Waals surface area contributed by atoms with Crippen molar-refractivity contribution in [3.63, 3.8) is 0 Å². The van der Waals surface area contributed by atoms with E-state index in [1.54, 1.807) is 6.92 Å². The summed E-state index contributed by atoms with van der Waals surface area (Å²) in [6, 6.07) is 2.81. The number of hydrogen-bond acceptors (Lipinski definition) is 4. The van der Waals surface area contributed by atoms with Crippen LogP contribution in [0.5, 0.6) is 0 Å². The Morgan fingerprint density at radius 3 is 2.94 bits per heavy atom. The van der Waals surface area contributed by atoms with E-state index in [1.165, 1.54) is 12.1 Å². The van der Waals surface area contributed by atoms with Gasteiger partial charge in [-0.15, -0.1) is 0 Å². The molecule has 7 heteroatoms. The first kappa shape index (κ1) is 11.8. The molecule has 90 valence electrons. The topological polar surface area (TPSA) is 81.5 Å². The lowest BCUT2D eigenvalue weighted by Crippen LogP contribution is -2.17. The number of ether oxygens (including phenoxy) is 1. The Kier molecular flexibility index (Phi) is 3.01. The minimum atomic E-state index is -0.550. The number of carbonyl (C=O) groups excluding carboxylic acids is 1. The maximum atomic E-state index is 11.3. The van der Waals surface area contributed by atoms with E-state index >= 15 is 0 Å².